The van der Waals surface area contributed by atoms with E-state index in [1.165, 1.54) is 24.3 Å². The van der Waals surface area contributed by atoms with E-state index in [-0.39, 0.29) is 15.9 Å². The SMILES string of the molecule is CC(C)(C)c1ccc(/C=C2\SC(=O)N(CC(=O)Nc3ccc(C(=O)O)cc3)C2=O)cc1. The van der Waals surface area contributed by atoms with Crippen molar-refractivity contribution in [3.05, 3.63) is 70.1 Å². The summed E-state index contributed by atoms with van der Waals surface area (Å²) in [6, 6.07) is 13.3. The highest BCUT2D eigenvalue weighted by Gasteiger charge is 2.36. The Morgan fingerprint density at radius 3 is 2.19 bits per heavy atom. The maximum absolute atomic E-state index is 12.6. The number of nitrogens with zero attached hydrogens (tertiary/aromatic N) is 1. The normalized spacial score (nSPS) is 15.5. The molecule has 0 aliphatic carbocycles. The van der Waals surface area contributed by atoms with Crippen LogP contribution in [-0.2, 0) is 15.0 Å². The van der Waals surface area contributed by atoms with Crippen LogP contribution in [0.15, 0.2) is 53.4 Å². The molecule has 1 fully saturated rings. The van der Waals surface area contributed by atoms with Gasteiger partial charge in [0.2, 0.25) is 5.91 Å². The molecular weight excluding hydrogens is 416 g/mol. The van der Waals surface area contributed by atoms with E-state index in [9.17, 15) is 19.2 Å². The summed E-state index contributed by atoms with van der Waals surface area (Å²) in [5, 5.41) is 10.9. The van der Waals surface area contributed by atoms with E-state index in [1.807, 2.05) is 24.3 Å². The molecule has 1 aliphatic rings. The smallest absolute Gasteiger partial charge is 0.335 e. The zero-order chi connectivity index (χ0) is 22.8. The highest BCUT2D eigenvalue weighted by molar-refractivity contribution is 8.18. The van der Waals surface area contributed by atoms with Gasteiger partial charge in [-0.2, -0.15) is 0 Å². The average molecular weight is 439 g/mol. The van der Waals surface area contributed by atoms with Crippen LogP contribution in [0.2, 0.25) is 0 Å². The number of anilines is 1. The van der Waals surface area contributed by atoms with Gasteiger partial charge >= 0.3 is 5.97 Å². The van der Waals surface area contributed by atoms with E-state index >= 15 is 0 Å². The lowest BCUT2D eigenvalue weighted by molar-refractivity contribution is -0.127. The standard InChI is InChI=1S/C23H22N2O5S/c1-23(2,3)16-8-4-14(5-9-16)12-18-20(27)25(22(30)31-18)13-19(26)24-17-10-6-15(7-11-17)21(28)29/h4-12H,13H2,1-3H3,(H,24,26)(H,28,29)/b18-12-. The predicted molar refractivity (Wildman–Crippen MR) is 120 cm³/mol. The predicted octanol–water partition coefficient (Wildman–Crippen LogP) is 4.36. The van der Waals surface area contributed by atoms with Crippen LogP contribution in [-0.4, -0.2) is 39.6 Å². The van der Waals surface area contributed by atoms with Crippen LogP contribution >= 0.6 is 11.8 Å². The number of aromatic carboxylic acids is 1. The molecule has 7 nitrogen and oxygen atoms in total. The fourth-order valence-electron chi connectivity index (χ4n) is 2.91. The molecule has 0 aromatic heterocycles. The zero-order valence-electron chi connectivity index (χ0n) is 17.3. The summed E-state index contributed by atoms with van der Waals surface area (Å²) >= 11 is 0.793. The first-order valence-electron chi connectivity index (χ1n) is 9.54. The third-order valence-electron chi connectivity index (χ3n) is 4.67. The largest absolute Gasteiger partial charge is 0.478 e. The van der Waals surface area contributed by atoms with Gasteiger partial charge in [0.15, 0.2) is 0 Å². The van der Waals surface area contributed by atoms with Gasteiger partial charge in [-0.25, -0.2) is 4.79 Å². The number of amides is 3. The monoisotopic (exact) mass is 438 g/mol. The second-order valence-corrected chi connectivity index (χ2v) is 9.06. The Balaban J connectivity index is 1.66. The summed E-state index contributed by atoms with van der Waals surface area (Å²) in [7, 11) is 0. The number of nitrogens with one attached hydrogen (secondary N) is 1. The van der Waals surface area contributed by atoms with Crippen molar-refractivity contribution >= 4 is 46.5 Å². The average Bonchev–Trinajstić information content (AvgIpc) is 2.95. The van der Waals surface area contributed by atoms with Crippen molar-refractivity contribution in [3.63, 3.8) is 0 Å². The summed E-state index contributed by atoms with van der Waals surface area (Å²) in [5.74, 6) is -2.15. The molecule has 1 saturated heterocycles. The van der Waals surface area contributed by atoms with Crippen molar-refractivity contribution < 1.29 is 24.3 Å². The fourth-order valence-corrected chi connectivity index (χ4v) is 3.75. The molecule has 1 aliphatic heterocycles. The Hall–Kier alpha value is -3.39. The van der Waals surface area contributed by atoms with Crippen LogP contribution < -0.4 is 5.32 Å². The van der Waals surface area contributed by atoms with Gasteiger partial charge in [-0.15, -0.1) is 0 Å². The number of thioether (sulfide) groups is 1. The lowest BCUT2D eigenvalue weighted by Gasteiger charge is -2.18. The van der Waals surface area contributed by atoms with Crippen LogP contribution in [0, 0.1) is 0 Å². The van der Waals surface area contributed by atoms with Gasteiger partial charge < -0.3 is 10.4 Å². The number of benzene rings is 2. The van der Waals surface area contributed by atoms with E-state index in [0.29, 0.717) is 5.69 Å². The quantitative estimate of drug-likeness (QED) is 0.673. The highest BCUT2D eigenvalue weighted by atomic mass is 32.2. The number of carbonyl (C=O) groups excluding carboxylic acids is 3. The van der Waals surface area contributed by atoms with Gasteiger partial charge in [0.25, 0.3) is 11.1 Å². The Morgan fingerprint density at radius 2 is 1.65 bits per heavy atom. The molecule has 0 bridgehead atoms. The van der Waals surface area contributed by atoms with E-state index in [4.69, 9.17) is 5.11 Å². The first-order valence-corrected chi connectivity index (χ1v) is 10.4. The lowest BCUT2D eigenvalue weighted by Crippen LogP contribution is -2.36. The van der Waals surface area contributed by atoms with E-state index in [2.05, 4.69) is 26.1 Å². The molecule has 3 amide bonds. The molecule has 2 aromatic rings. The molecule has 2 N–H and O–H groups in total. The van der Waals surface area contributed by atoms with Crippen molar-refractivity contribution in [1.29, 1.82) is 0 Å². The summed E-state index contributed by atoms with van der Waals surface area (Å²) in [4.78, 5) is 49.2. The van der Waals surface area contributed by atoms with Crippen molar-refractivity contribution in [2.45, 2.75) is 26.2 Å². The summed E-state index contributed by atoms with van der Waals surface area (Å²) in [6.07, 6.45) is 1.64. The number of hydrogen-bond donors (Lipinski definition) is 2. The Kier molecular flexibility index (Phi) is 6.31. The number of hydrogen-bond acceptors (Lipinski definition) is 5. The van der Waals surface area contributed by atoms with E-state index < -0.39 is 29.6 Å². The van der Waals surface area contributed by atoms with E-state index in [1.54, 1.807) is 6.08 Å². The maximum atomic E-state index is 12.6. The zero-order valence-corrected chi connectivity index (χ0v) is 18.2. The number of rotatable bonds is 5. The summed E-state index contributed by atoms with van der Waals surface area (Å²) in [6.45, 7) is 5.91. The first kappa shape index (κ1) is 22.3. The van der Waals surface area contributed by atoms with Crippen LogP contribution in [0.4, 0.5) is 10.5 Å². The van der Waals surface area contributed by atoms with Gasteiger partial charge in [0.05, 0.1) is 10.5 Å². The van der Waals surface area contributed by atoms with Crippen LogP contribution in [0.5, 0.6) is 0 Å². The van der Waals surface area contributed by atoms with Gasteiger partial charge in [-0.1, -0.05) is 45.0 Å². The van der Waals surface area contributed by atoms with Crippen LogP contribution in [0.1, 0.15) is 42.3 Å². The molecule has 0 atom stereocenters. The second-order valence-electron chi connectivity index (χ2n) is 8.07. The molecule has 160 valence electrons. The van der Waals surface area contributed by atoms with Gasteiger partial charge in [-0.05, 0) is 58.6 Å². The van der Waals surface area contributed by atoms with Crippen molar-refractivity contribution in [3.8, 4) is 0 Å². The van der Waals surface area contributed by atoms with Gasteiger partial charge in [0, 0.05) is 5.69 Å². The van der Waals surface area contributed by atoms with Crippen molar-refractivity contribution in [1.82, 2.24) is 4.90 Å². The van der Waals surface area contributed by atoms with Crippen LogP contribution in [0.3, 0.4) is 0 Å². The maximum Gasteiger partial charge on any atom is 0.335 e. The Bertz CT molecular complexity index is 1070. The third-order valence-corrected chi connectivity index (χ3v) is 5.57. The highest BCUT2D eigenvalue weighted by Crippen LogP contribution is 2.32. The molecular formula is C23H22N2O5S. The molecule has 0 unspecified atom stereocenters. The lowest BCUT2D eigenvalue weighted by atomic mass is 9.87. The molecule has 1 heterocycles. The number of imide groups is 1. The molecule has 0 saturated carbocycles. The number of carbonyl (C=O) groups is 4. The molecule has 2 aromatic carbocycles. The van der Waals surface area contributed by atoms with E-state index in [0.717, 1.165) is 27.8 Å². The molecule has 8 heteroatoms. The fraction of sp³-hybridized carbons (Fsp3) is 0.217. The number of carboxylic acids is 1. The van der Waals surface area contributed by atoms with Crippen molar-refractivity contribution in [2.24, 2.45) is 0 Å². The minimum Gasteiger partial charge on any atom is -0.478 e. The van der Waals surface area contributed by atoms with Gasteiger partial charge in [0.1, 0.15) is 6.54 Å². The minimum atomic E-state index is -1.07. The van der Waals surface area contributed by atoms with Crippen LogP contribution in [0.25, 0.3) is 6.08 Å². The Morgan fingerprint density at radius 1 is 1.03 bits per heavy atom. The second kappa shape index (κ2) is 8.77. The summed E-state index contributed by atoms with van der Waals surface area (Å²) < 4.78 is 0. The Labute approximate surface area is 184 Å². The number of carboxylic acid groups (broad SMARTS) is 1. The molecule has 0 radical (unpaired) electrons. The molecule has 3 rings (SSSR count). The van der Waals surface area contributed by atoms with Gasteiger partial charge in [-0.3, -0.25) is 19.3 Å². The topological polar surface area (TPSA) is 104 Å². The van der Waals surface area contributed by atoms with Crippen molar-refractivity contribution in [2.75, 3.05) is 11.9 Å². The summed E-state index contributed by atoms with van der Waals surface area (Å²) in [5.41, 5.74) is 2.42. The minimum absolute atomic E-state index is 0.0116. The third kappa shape index (κ3) is 5.40. The first-order chi connectivity index (χ1) is 14.5. The molecule has 31 heavy (non-hydrogen) atoms. The molecule has 0 spiro atoms.